The molecule has 11 heavy (non-hydrogen) atoms. The Hall–Kier alpha value is -1.06. The molecule has 0 atom stereocenters. The smallest absolute Gasteiger partial charge is 0.239 e. The lowest BCUT2D eigenvalue weighted by molar-refractivity contribution is 0.576. The molecule has 2 N–H and O–H groups in total. The van der Waals surface area contributed by atoms with E-state index in [4.69, 9.17) is 5.73 Å². The first-order chi connectivity index (χ1) is 5.36. The van der Waals surface area contributed by atoms with Crippen LogP contribution in [0, 0.1) is 0 Å². The zero-order chi connectivity index (χ0) is 7.68. The Labute approximate surface area is 65.4 Å². The van der Waals surface area contributed by atoms with E-state index in [1.165, 1.54) is 19.3 Å². The number of hydrogen-bond acceptors (Lipinski definition) is 3. The number of fused-ring (bicyclic) bond motifs is 1. The Morgan fingerprint density at radius 3 is 3.09 bits per heavy atom. The monoisotopic (exact) mass is 152 g/mol. The zero-order valence-electron chi connectivity index (χ0n) is 6.45. The van der Waals surface area contributed by atoms with E-state index in [-0.39, 0.29) is 0 Å². The first-order valence-electron chi connectivity index (χ1n) is 4.05. The van der Waals surface area contributed by atoms with Gasteiger partial charge in [-0.3, -0.25) is 0 Å². The van der Waals surface area contributed by atoms with E-state index >= 15 is 0 Å². The highest BCUT2D eigenvalue weighted by atomic mass is 15.4. The second kappa shape index (κ2) is 2.53. The lowest BCUT2D eigenvalue weighted by Crippen LogP contribution is -2.02. The molecule has 0 saturated carbocycles. The van der Waals surface area contributed by atoms with Gasteiger partial charge < -0.3 is 5.73 Å². The van der Waals surface area contributed by atoms with Crippen molar-refractivity contribution in [3.8, 4) is 0 Å². The minimum Gasteiger partial charge on any atom is -0.366 e. The Kier molecular flexibility index (Phi) is 1.52. The first kappa shape index (κ1) is 6.64. The molecule has 0 amide bonds. The summed E-state index contributed by atoms with van der Waals surface area (Å²) < 4.78 is 1.93. The molecule has 1 aromatic rings. The van der Waals surface area contributed by atoms with Gasteiger partial charge >= 0.3 is 0 Å². The number of nitrogens with zero attached hydrogens (tertiary/aromatic N) is 3. The highest BCUT2D eigenvalue weighted by molar-refractivity contribution is 5.14. The molecule has 0 spiro atoms. The molecule has 0 fully saturated rings. The van der Waals surface area contributed by atoms with Gasteiger partial charge in [0.2, 0.25) is 5.95 Å². The second-order valence-electron chi connectivity index (χ2n) is 2.92. The van der Waals surface area contributed by atoms with Gasteiger partial charge in [-0.25, -0.2) is 4.68 Å². The van der Waals surface area contributed by atoms with Crippen molar-refractivity contribution in [1.82, 2.24) is 14.8 Å². The lowest BCUT2D eigenvalue weighted by Gasteiger charge is -1.96. The average molecular weight is 152 g/mol. The molecule has 1 aliphatic rings. The highest BCUT2D eigenvalue weighted by Crippen LogP contribution is 2.12. The number of nitrogen functional groups attached to an aromatic ring is 1. The van der Waals surface area contributed by atoms with Gasteiger partial charge in [0.05, 0.1) is 0 Å². The van der Waals surface area contributed by atoms with Crippen LogP contribution in [0.25, 0.3) is 0 Å². The molecule has 0 bridgehead atoms. The van der Waals surface area contributed by atoms with E-state index in [2.05, 4.69) is 10.1 Å². The predicted octanol–water partition coefficient (Wildman–Crippen LogP) is 0.587. The van der Waals surface area contributed by atoms with Crippen molar-refractivity contribution in [2.75, 3.05) is 5.73 Å². The molecular formula is C7H12N4. The minimum atomic E-state index is 0.418. The van der Waals surface area contributed by atoms with Crippen molar-refractivity contribution in [3.63, 3.8) is 0 Å². The van der Waals surface area contributed by atoms with Gasteiger partial charge in [0.15, 0.2) is 0 Å². The molecule has 0 saturated heterocycles. The molecular weight excluding hydrogens is 140 g/mol. The topological polar surface area (TPSA) is 56.7 Å². The second-order valence-corrected chi connectivity index (χ2v) is 2.92. The largest absolute Gasteiger partial charge is 0.366 e. The molecule has 2 heterocycles. The number of hydrogen-bond donors (Lipinski definition) is 1. The molecule has 1 aromatic heterocycles. The van der Waals surface area contributed by atoms with Crippen LogP contribution in [0.5, 0.6) is 0 Å². The van der Waals surface area contributed by atoms with E-state index in [1.54, 1.807) is 0 Å². The van der Waals surface area contributed by atoms with Crippen molar-refractivity contribution < 1.29 is 0 Å². The quantitative estimate of drug-likeness (QED) is 0.591. The SMILES string of the molecule is Nc1nc2n(n1)CCCCC2. The molecule has 4 heteroatoms. The van der Waals surface area contributed by atoms with E-state index in [1.807, 2.05) is 4.68 Å². The summed E-state index contributed by atoms with van der Waals surface area (Å²) in [4.78, 5) is 4.14. The van der Waals surface area contributed by atoms with Crippen LogP contribution in [-0.4, -0.2) is 14.8 Å². The summed E-state index contributed by atoms with van der Waals surface area (Å²) in [6, 6.07) is 0. The molecule has 0 aromatic carbocycles. The summed E-state index contributed by atoms with van der Waals surface area (Å²) in [5.41, 5.74) is 5.47. The Morgan fingerprint density at radius 2 is 2.18 bits per heavy atom. The van der Waals surface area contributed by atoms with Crippen LogP contribution in [0.2, 0.25) is 0 Å². The summed E-state index contributed by atoms with van der Waals surface area (Å²) in [7, 11) is 0. The van der Waals surface area contributed by atoms with Gasteiger partial charge in [-0.05, 0) is 12.8 Å². The van der Waals surface area contributed by atoms with Crippen LogP contribution in [0.1, 0.15) is 25.1 Å². The maximum atomic E-state index is 5.47. The van der Waals surface area contributed by atoms with Gasteiger partial charge in [-0.15, -0.1) is 5.10 Å². The third-order valence-electron chi connectivity index (χ3n) is 2.04. The zero-order valence-corrected chi connectivity index (χ0v) is 6.45. The Bertz CT molecular complexity index is 229. The fraction of sp³-hybridized carbons (Fsp3) is 0.714. The maximum absolute atomic E-state index is 5.47. The van der Waals surface area contributed by atoms with Crippen molar-refractivity contribution in [3.05, 3.63) is 5.82 Å². The molecule has 0 unspecified atom stereocenters. The predicted molar refractivity (Wildman–Crippen MR) is 42.0 cm³/mol. The van der Waals surface area contributed by atoms with Crippen molar-refractivity contribution in [2.45, 2.75) is 32.2 Å². The van der Waals surface area contributed by atoms with Gasteiger partial charge in [-0.2, -0.15) is 4.98 Å². The number of aryl methyl sites for hydroxylation is 2. The normalized spacial score (nSPS) is 17.5. The van der Waals surface area contributed by atoms with Gasteiger partial charge in [0.1, 0.15) is 5.82 Å². The summed E-state index contributed by atoms with van der Waals surface area (Å²) in [6.45, 7) is 0.986. The van der Waals surface area contributed by atoms with Crippen molar-refractivity contribution in [1.29, 1.82) is 0 Å². The molecule has 2 rings (SSSR count). The number of rotatable bonds is 0. The van der Waals surface area contributed by atoms with Crippen LogP contribution >= 0.6 is 0 Å². The Morgan fingerprint density at radius 1 is 1.27 bits per heavy atom. The van der Waals surface area contributed by atoms with E-state index in [0.717, 1.165) is 18.8 Å². The van der Waals surface area contributed by atoms with Crippen LogP contribution in [0.3, 0.4) is 0 Å². The van der Waals surface area contributed by atoms with Crippen molar-refractivity contribution in [2.24, 2.45) is 0 Å². The average Bonchev–Trinajstić information content (AvgIpc) is 2.17. The van der Waals surface area contributed by atoms with Crippen LogP contribution < -0.4 is 5.73 Å². The molecule has 4 nitrogen and oxygen atoms in total. The third-order valence-corrected chi connectivity index (χ3v) is 2.04. The van der Waals surface area contributed by atoms with E-state index in [0.29, 0.717) is 5.95 Å². The molecule has 1 aliphatic heterocycles. The number of anilines is 1. The molecule has 0 radical (unpaired) electrons. The Balaban J connectivity index is 2.32. The summed E-state index contributed by atoms with van der Waals surface area (Å²) >= 11 is 0. The summed E-state index contributed by atoms with van der Waals surface area (Å²) in [5, 5.41) is 4.09. The number of aromatic nitrogens is 3. The van der Waals surface area contributed by atoms with Gasteiger partial charge in [0.25, 0.3) is 0 Å². The fourth-order valence-corrected chi connectivity index (χ4v) is 1.48. The first-order valence-corrected chi connectivity index (χ1v) is 4.05. The molecule has 0 aliphatic carbocycles. The van der Waals surface area contributed by atoms with E-state index in [9.17, 15) is 0 Å². The third kappa shape index (κ3) is 1.20. The standard InChI is InChI=1S/C7H12N4/c8-7-9-6-4-2-1-3-5-11(6)10-7/h1-5H2,(H2,8,10). The summed E-state index contributed by atoms with van der Waals surface area (Å²) in [6.07, 6.45) is 4.74. The number of nitrogens with two attached hydrogens (primary N) is 1. The fourth-order valence-electron chi connectivity index (χ4n) is 1.48. The molecule has 60 valence electrons. The lowest BCUT2D eigenvalue weighted by atomic mass is 10.2. The highest BCUT2D eigenvalue weighted by Gasteiger charge is 2.10. The van der Waals surface area contributed by atoms with Crippen LogP contribution in [-0.2, 0) is 13.0 Å². The van der Waals surface area contributed by atoms with Gasteiger partial charge in [-0.1, -0.05) is 6.42 Å². The van der Waals surface area contributed by atoms with Crippen LogP contribution in [0.15, 0.2) is 0 Å². The minimum absolute atomic E-state index is 0.418. The summed E-state index contributed by atoms with van der Waals surface area (Å²) in [5.74, 6) is 1.47. The van der Waals surface area contributed by atoms with Crippen LogP contribution in [0.4, 0.5) is 5.95 Å². The van der Waals surface area contributed by atoms with Crippen molar-refractivity contribution >= 4 is 5.95 Å². The van der Waals surface area contributed by atoms with Gasteiger partial charge in [0, 0.05) is 13.0 Å². The maximum Gasteiger partial charge on any atom is 0.239 e. The van der Waals surface area contributed by atoms with E-state index < -0.39 is 0 Å².